The Morgan fingerprint density at radius 3 is 2.73 bits per heavy atom. The van der Waals surface area contributed by atoms with Crippen LogP contribution in [0.1, 0.15) is 37.0 Å². The van der Waals surface area contributed by atoms with E-state index in [1.807, 2.05) is 23.7 Å². The normalized spacial score (nSPS) is 11.3. The number of aryl methyl sites for hydroxylation is 1. The van der Waals surface area contributed by atoms with Gasteiger partial charge in [-0.05, 0) is 18.6 Å². The first-order chi connectivity index (χ1) is 10.6. The maximum atomic E-state index is 4.36. The van der Waals surface area contributed by atoms with Crippen LogP contribution >= 0.6 is 0 Å². The summed E-state index contributed by atoms with van der Waals surface area (Å²) >= 11 is 0. The highest BCUT2D eigenvalue weighted by Gasteiger charge is 2.12. The van der Waals surface area contributed by atoms with Crippen molar-refractivity contribution in [2.45, 2.75) is 33.2 Å². The molecule has 0 amide bonds. The van der Waals surface area contributed by atoms with Crippen molar-refractivity contribution in [1.29, 1.82) is 0 Å². The predicted octanol–water partition coefficient (Wildman–Crippen LogP) is 2.80. The number of para-hydroxylation sites is 1. The molecule has 3 aromatic rings. The van der Waals surface area contributed by atoms with Crippen LogP contribution in [0.2, 0.25) is 0 Å². The summed E-state index contributed by atoms with van der Waals surface area (Å²) < 4.78 is 2.03. The highest BCUT2D eigenvalue weighted by molar-refractivity contribution is 5.90. The molecule has 0 atom stereocenters. The molecule has 0 bridgehead atoms. The van der Waals surface area contributed by atoms with Crippen molar-refractivity contribution in [3.8, 4) is 0 Å². The summed E-state index contributed by atoms with van der Waals surface area (Å²) in [4.78, 5) is 8.71. The van der Waals surface area contributed by atoms with Gasteiger partial charge in [-0.3, -0.25) is 0 Å². The van der Waals surface area contributed by atoms with Gasteiger partial charge in [0.15, 0.2) is 5.82 Å². The summed E-state index contributed by atoms with van der Waals surface area (Å²) in [5.41, 5.74) is 2.12. The molecule has 6 heteroatoms. The number of nitrogens with one attached hydrogen (secondary N) is 1. The maximum Gasteiger partial charge on any atom is 0.152 e. The van der Waals surface area contributed by atoms with Crippen molar-refractivity contribution in [2.24, 2.45) is 7.05 Å². The summed E-state index contributed by atoms with van der Waals surface area (Å²) in [6.07, 6.45) is 1.59. The van der Waals surface area contributed by atoms with Crippen LogP contribution in [-0.2, 0) is 13.6 Å². The van der Waals surface area contributed by atoms with Crippen LogP contribution in [0.5, 0.6) is 0 Å². The highest BCUT2D eigenvalue weighted by atomic mass is 15.3. The number of hydrogen-bond acceptors (Lipinski definition) is 5. The van der Waals surface area contributed by atoms with Crippen molar-refractivity contribution in [1.82, 2.24) is 24.7 Å². The number of fused-ring (bicyclic) bond motifs is 1. The molecule has 0 saturated heterocycles. The smallest absolute Gasteiger partial charge is 0.152 e. The number of rotatable bonds is 4. The third-order valence-electron chi connectivity index (χ3n) is 3.80. The molecule has 1 aromatic carbocycles. The van der Waals surface area contributed by atoms with Crippen LogP contribution in [0.4, 0.5) is 5.82 Å². The van der Waals surface area contributed by atoms with Crippen LogP contribution in [0.3, 0.4) is 0 Å². The fourth-order valence-electron chi connectivity index (χ4n) is 2.57. The Bertz CT molecular complexity index is 806. The summed E-state index contributed by atoms with van der Waals surface area (Å²) in [5, 5.41) is 12.9. The van der Waals surface area contributed by atoms with Gasteiger partial charge >= 0.3 is 0 Å². The lowest BCUT2D eigenvalue weighted by atomic mass is 10.1. The molecule has 0 aliphatic rings. The second-order valence-electron chi connectivity index (χ2n) is 5.74. The van der Waals surface area contributed by atoms with E-state index in [2.05, 4.69) is 52.3 Å². The third kappa shape index (κ3) is 2.52. The third-order valence-corrected chi connectivity index (χ3v) is 3.80. The molecule has 0 spiro atoms. The molecule has 1 N–H and O–H groups in total. The average molecular weight is 296 g/mol. The Labute approximate surface area is 129 Å². The zero-order valence-electron chi connectivity index (χ0n) is 13.3. The Kier molecular flexibility index (Phi) is 3.75. The van der Waals surface area contributed by atoms with Crippen LogP contribution in [0, 0.1) is 6.92 Å². The van der Waals surface area contributed by atoms with Crippen molar-refractivity contribution < 1.29 is 0 Å². The minimum Gasteiger partial charge on any atom is -0.362 e. The van der Waals surface area contributed by atoms with Gasteiger partial charge in [0.05, 0.1) is 12.1 Å². The minimum atomic E-state index is 0.355. The van der Waals surface area contributed by atoms with E-state index in [4.69, 9.17) is 0 Å². The lowest BCUT2D eigenvalue weighted by Gasteiger charge is -2.10. The molecule has 0 aliphatic carbocycles. The second kappa shape index (κ2) is 5.71. The predicted molar refractivity (Wildman–Crippen MR) is 86.7 cm³/mol. The fourth-order valence-corrected chi connectivity index (χ4v) is 2.57. The molecule has 22 heavy (non-hydrogen) atoms. The lowest BCUT2D eigenvalue weighted by Crippen LogP contribution is -2.09. The van der Waals surface area contributed by atoms with Gasteiger partial charge < -0.3 is 9.88 Å². The summed E-state index contributed by atoms with van der Waals surface area (Å²) in [5.74, 6) is 3.06. The van der Waals surface area contributed by atoms with Gasteiger partial charge in [0.2, 0.25) is 0 Å². The Balaban J connectivity index is 1.87. The zero-order valence-corrected chi connectivity index (χ0v) is 13.3. The molecule has 0 radical (unpaired) electrons. The first-order valence-corrected chi connectivity index (χ1v) is 7.40. The molecular formula is C16H20N6. The Hall–Kier alpha value is -2.50. The van der Waals surface area contributed by atoms with E-state index in [1.54, 1.807) is 6.33 Å². The summed E-state index contributed by atoms with van der Waals surface area (Å²) in [6.45, 7) is 6.86. The van der Waals surface area contributed by atoms with E-state index in [-0.39, 0.29) is 0 Å². The van der Waals surface area contributed by atoms with E-state index in [9.17, 15) is 0 Å². The van der Waals surface area contributed by atoms with Crippen LogP contribution < -0.4 is 5.32 Å². The minimum absolute atomic E-state index is 0.355. The van der Waals surface area contributed by atoms with Gasteiger partial charge in [0.25, 0.3) is 0 Å². The SMILES string of the molecule is Cc1cccc2c(NCc3nnc(C(C)C)n3C)ncnc12. The first kappa shape index (κ1) is 14.4. The Morgan fingerprint density at radius 2 is 2.00 bits per heavy atom. The molecule has 114 valence electrons. The van der Waals surface area contributed by atoms with E-state index in [0.29, 0.717) is 12.5 Å². The topological polar surface area (TPSA) is 68.5 Å². The quantitative estimate of drug-likeness (QED) is 0.801. The number of aromatic nitrogens is 5. The molecule has 0 saturated carbocycles. The van der Waals surface area contributed by atoms with Crippen molar-refractivity contribution in [3.05, 3.63) is 41.7 Å². The standard InChI is InChI=1S/C16H20N6/c1-10(2)16-21-20-13(22(16)4)8-17-15-12-7-5-6-11(3)14(12)18-9-19-15/h5-7,9-10H,8H2,1-4H3,(H,17,18,19). The van der Waals surface area contributed by atoms with Gasteiger partial charge in [-0.2, -0.15) is 0 Å². The molecule has 6 nitrogen and oxygen atoms in total. The maximum absolute atomic E-state index is 4.36. The van der Waals surface area contributed by atoms with Crippen LogP contribution in [0.25, 0.3) is 10.9 Å². The molecule has 0 aliphatic heterocycles. The average Bonchev–Trinajstić information content (AvgIpc) is 2.87. The van der Waals surface area contributed by atoms with Crippen LogP contribution in [0.15, 0.2) is 24.5 Å². The van der Waals surface area contributed by atoms with E-state index < -0.39 is 0 Å². The van der Waals surface area contributed by atoms with Crippen molar-refractivity contribution in [3.63, 3.8) is 0 Å². The van der Waals surface area contributed by atoms with E-state index >= 15 is 0 Å². The van der Waals surface area contributed by atoms with Gasteiger partial charge in [-0.1, -0.05) is 26.0 Å². The molecular weight excluding hydrogens is 276 g/mol. The summed E-state index contributed by atoms with van der Waals surface area (Å²) in [6, 6.07) is 6.10. The molecule has 0 unspecified atom stereocenters. The number of hydrogen-bond donors (Lipinski definition) is 1. The number of anilines is 1. The number of nitrogens with zero attached hydrogens (tertiary/aromatic N) is 5. The monoisotopic (exact) mass is 296 g/mol. The van der Waals surface area contributed by atoms with Crippen LogP contribution in [-0.4, -0.2) is 24.7 Å². The molecule has 2 aromatic heterocycles. The van der Waals surface area contributed by atoms with Gasteiger partial charge in [0.1, 0.15) is 18.0 Å². The highest BCUT2D eigenvalue weighted by Crippen LogP contribution is 2.22. The van der Waals surface area contributed by atoms with Crippen molar-refractivity contribution in [2.75, 3.05) is 5.32 Å². The second-order valence-corrected chi connectivity index (χ2v) is 5.74. The largest absolute Gasteiger partial charge is 0.362 e. The van der Waals surface area contributed by atoms with Crippen molar-refractivity contribution >= 4 is 16.7 Å². The van der Waals surface area contributed by atoms with E-state index in [1.165, 1.54) is 0 Å². The molecule has 0 fully saturated rings. The Morgan fingerprint density at radius 1 is 1.18 bits per heavy atom. The summed E-state index contributed by atoms with van der Waals surface area (Å²) in [7, 11) is 1.99. The fraction of sp³-hybridized carbons (Fsp3) is 0.375. The lowest BCUT2D eigenvalue weighted by molar-refractivity contribution is 0.692. The number of benzene rings is 1. The first-order valence-electron chi connectivity index (χ1n) is 7.40. The van der Waals surface area contributed by atoms with Gasteiger partial charge in [-0.15, -0.1) is 10.2 Å². The molecule has 3 rings (SSSR count). The van der Waals surface area contributed by atoms with E-state index in [0.717, 1.165) is 33.9 Å². The van der Waals surface area contributed by atoms with Gasteiger partial charge in [0, 0.05) is 18.4 Å². The zero-order chi connectivity index (χ0) is 15.7. The molecule has 2 heterocycles. The van der Waals surface area contributed by atoms with Gasteiger partial charge in [-0.25, -0.2) is 9.97 Å².